The average Bonchev–Trinajstić information content (AvgIpc) is 2.29. The Labute approximate surface area is 106 Å². The Morgan fingerprint density at radius 1 is 1.29 bits per heavy atom. The molecule has 0 fully saturated rings. The second-order valence-corrected chi connectivity index (χ2v) is 4.11. The van der Waals surface area contributed by atoms with Crippen molar-refractivity contribution in [1.29, 1.82) is 0 Å². The van der Waals surface area contributed by atoms with Crippen LogP contribution in [0.1, 0.15) is 0 Å². The highest BCUT2D eigenvalue weighted by atomic mass is 79.9. The summed E-state index contributed by atoms with van der Waals surface area (Å²) < 4.78 is 0.879. The maximum absolute atomic E-state index is 11.3. The number of aliphatic hydroxyl groups is 1. The Balaban J connectivity index is 2.39. The zero-order chi connectivity index (χ0) is 12.8. The molecule has 0 aliphatic heterocycles. The molecule has 0 aliphatic carbocycles. The maximum Gasteiger partial charge on any atom is 0.334 e. The number of aliphatic carboxylic acids is 1. The smallest absolute Gasteiger partial charge is 0.334 e. The second-order valence-electron chi connectivity index (χ2n) is 3.20. The molecule has 1 unspecified atom stereocenters. The molecule has 0 heterocycles. The number of carboxylic acids is 1. The van der Waals surface area contributed by atoms with E-state index in [9.17, 15) is 9.59 Å². The standard InChI is InChI=1S/C10H11BrN2O4/c11-6-1-3-7(4-2-6)13-10(17)12-5-8(14)9(15)16/h1-4,8,14H,5H2,(H,15,16)(H2,12,13,17). The third-order valence-electron chi connectivity index (χ3n) is 1.84. The van der Waals surface area contributed by atoms with E-state index in [4.69, 9.17) is 10.2 Å². The van der Waals surface area contributed by atoms with Gasteiger partial charge in [-0.3, -0.25) is 0 Å². The van der Waals surface area contributed by atoms with Crippen molar-refractivity contribution in [3.05, 3.63) is 28.7 Å². The van der Waals surface area contributed by atoms with Gasteiger partial charge >= 0.3 is 12.0 Å². The van der Waals surface area contributed by atoms with Crippen LogP contribution in [-0.2, 0) is 4.79 Å². The van der Waals surface area contributed by atoms with Gasteiger partial charge in [-0.2, -0.15) is 0 Å². The molecule has 1 atom stereocenters. The summed E-state index contributed by atoms with van der Waals surface area (Å²) in [6.45, 7) is -0.350. The summed E-state index contributed by atoms with van der Waals surface area (Å²) in [7, 11) is 0. The number of halogens is 1. The monoisotopic (exact) mass is 302 g/mol. The first-order chi connectivity index (χ1) is 7.99. The summed E-state index contributed by atoms with van der Waals surface area (Å²) in [5.74, 6) is -1.38. The molecular weight excluding hydrogens is 292 g/mol. The van der Waals surface area contributed by atoms with Crippen LogP contribution in [0.5, 0.6) is 0 Å². The molecule has 2 amide bonds. The Morgan fingerprint density at radius 3 is 2.41 bits per heavy atom. The summed E-state index contributed by atoms with van der Waals surface area (Å²) in [6, 6.07) is 6.28. The predicted molar refractivity (Wildman–Crippen MR) is 64.8 cm³/mol. The first kappa shape index (κ1) is 13.5. The summed E-state index contributed by atoms with van der Waals surface area (Å²) in [5, 5.41) is 22.0. The number of rotatable bonds is 4. The van der Waals surface area contributed by atoms with Gasteiger partial charge in [0.15, 0.2) is 6.10 Å². The highest BCUT2D eigenvalue weighted by Crippen LogP contribution is 2.13. The molecule has 0 saturated carbocycles. The van der Waals surface area contributed by atoms with E-state index < -0.39 is 18.1 Å². The average molecular weight is 303 g/mol. The minimum atomic E-state index is -1.61. The van der Waals surface area contributed by atoms with E-state index in [1.165, 1.54) is 0 Å². The number of anilines is 1. The van der Waals surface area contributed by atoms with E-state index in [2.05, 4.69) is 26.6 Å². The Bertz CT molecular complexity index is 407. The van der Waals surface area contributed by atoms with Gasteiger partial charge in [-0.05, 0) is 24.3 Å². The molecule has 0 spiro atoms. The van der Waals surface area contributed by atoms with E-state index in [1.54, 1.807) is 24.3 Å². The lowest BCUT2D eigenvalue weighted by atomic mass is 10.3. The Hall–Kier alpha value is -1.60. The van der Waals surface area contributed by atoms with Crippen molar-refractivity contribution in [2.45, 2.75) is 6.10 Å². The number of carbonyl (C=O) groups is 2. The van der Waals surface area contributed by atoms with Crippen LogP contribution in [-0.4, -0.2) is 34.9 Å². The number of amides is 2. The molecule has 0 radical (unpaired) electrons. The van der Waals surface area contributed by atoms with Gasteiger partial charge < -0.3 is 20.8 Å². The third kappa shape index (κ3) is 4.83. The summed E-state index contributed by atoms with van der Waals surface area (Å²) in [6.07, 6.45) is -1.61. The fourth-order valence-electron chi connectivity index (χ4n) is 0.985. The van der Waals surface area contributed by atoms with E-state index >= 15 is 0 Å². The Morgan fingerprint density at radius 2 is 1.88 bits per heavy atom. The van der Waals surface area contributed by atoms with Crippen molar-refractivity contribution >= 4 is 33.6 Å². The lowest BCUT2D eigenvalue weighted by molar-refractivity contribution is -0.146. The van der Waals surface area contributed by atoms with Gasteiger partial charge in [0, 0.05) is 10.2 Å². The van der Waals surface area contributed by atoms with Crippen molar-refractivity contribution < 1.29 is 19.8 Å². The van der Waals surface area contributed by atoms with E-state index in [0.29, 0.717) is 5.69 Å². The summed E-state index contributed by atoms with van der Waals surface area (Å²) >= 11 is 3.25. The van der Waals surface area contributed by atoms with Gasteiger partial charge in [-0.25, -0.2) is 9.59 Å². The van der Waals surface area contributed by atoms with Crippen LogP contribution in [0.4, 0.5) is 10.5 Å². The lowest BCUT2D eigenvalue weighted by Gasteiger charge is -2.09. The molecule has 0 saturated heterocycles. The number of hydrogen-bond donors (Lipinski definition) is 4. The molecule has 1 rings (SSSR count). The molecule has 92 valence electrons. The number of carbonyl (C=O) groups excluding carboxylic acids is 1. The van der Waals surface area contributed by atoms with Crippen LogP contribution in [0.2, 0.25) is 0 Å². The van der Waals surface area contributed by atoms with Crippen molar-refractivity contribution in [1.82, 2.24) is 5.32 Å². The van der Waals surface area contributed by atoms with Crippen molar-refractivity contribution in [3.8, 4) is 0 Å². The first-order valence-corrected chi connectivity index (χ1v) is 5.49. The molecule has 0 aliphatic rings. The number of nitrogens with one attached hydrogen (secondary N) is 2. The second kappa shape index (κ2) is 6.21. The number of urea groups is 1. The normalized spacial score (nSPS) is 11.6. The molecule has 6 nitrogen and oxygen atoms in total. The third-order valence-corrected chi connectivity index (χ3v) is 2.37. The van der Waals surface area contributed by atoms with Crippen LogP contribution in [0.25, 0.3) is 0 Å². The fourth-order valence-corrected chi connectivity index (χ4v) is 1.25. The number of benzene rings is 1. The molecule has 1 aromatic carbocycles. The van der Waals surface area contributed by atoms with Crippen LogP contribution >= 0.6 is 15.9 Å². The van der Waals surface area contributed by atoms with Crippen molar-refractivity contribution in [2.75, 3.05) is 11.9 Å². The van der Waals surface area contributed by atoms with Crippen LogP contribution < -0.4 is 10.6 Å². The zero-order valence-electron chi connectivity index (χ0n) is 8.68. The van der Waals surface area contributed by atoms with Gasteiger partial charge in [0.05, 0.1) is 6.54 Å². The highest BCUT2D eigenvalue weighted by Gasteiger charge is 2.13. The molecule has 0 aromatic heterocycles. The van der Waals surface area contributed by atoms with Gasteiger partial charge in [0.2, 0.25) is 0 Å². The van der Waals surface area contributed by atoms with Gasteiger partial charge in [-0.1, -0.05) is 15.9 Å². The quantitative estimate of drug-likeness (QED) is 0.667. The maximum atomic E-state index is 11.3. The van der Waals surface area contributed by atoms with E-state index in [-0.39, 0.29) is 6.54 Å². The topological polar surface area (TPSA) is 98.7 Å². The van der Waals surface area contributed by atoms with Gasteiger partial charge in [0.1, 0.15) is 0 Å². The van der Waals surface area contributed by atoms with E-state index in [0.717, 1.165) is 4.47 Å². The molecule has 17 heavy (non-hydrogen) atoms. The van der Waals surface area contributed by atoms with Crippen LogP contribution in [0.3, 0.4) is 0 Å². The van der Waals surface area contributed by atoms with Gasteiger partial charge in [-0.15, -0.1) is 0 Å². The zero-order valence-corrected chi connectivity index (χ0v) is 10.3. The van der Waals surface area contributed by atoms with Crippen molar-refractivity contribution in [2.24, 2.45) is 0 Å². The molecule has 1 aromatic rings. The lowest BCUT2D eigenvalue weighted by Crippen LogP contribution is -2.38. The largest absolute Gasteiger partial charge is 0.479 e. The summed E-state index contributed by atoms with van der Waals surface area (Å²) in [4.78, 5) is 21.6. The SMILES string of the molecule is O=C(NCC(O)C(=O)O)Nc1ccc(Br)cc1. The highest BCUT2D eigenvalue weighted by molar-refractivity contribution is 9.10. The first-order valence-electron chi connectivity index (χ1n) is 4.70. The van der Waals surface area contributed by atoms with Gasteiger partial charge in [0.25, 0.3) is 0 Å². The van der Waals surface area contributed by atoms with Crippen LogP contribution in [0, 0.1) is 0 Å². The number of carboxylic acid groups (broad SMARTS) is 1. The van der Waals surface area contributed by atoms with Crippen LogP contribution in [0.15, 0.2) is 28.7 Å². The van der Waals surface area contributed by atoms with E-state index in [1.807, 2.05) is 0 Å². The fraction of sp³-hybridized carbons (Fsp3) is 0.200. The predicted octanol–water partition coefficient (Wildman–Crippen LogP) is 1.02. The van der Waals surface area contributed by atoms with Crippen molar-refractivity contribution in [3.63, 3.8) is 0 Å². The Kier molecular flexibility index (Phi) is 4.92. The minimum absolute atomic E-state index is 0.350. The summed E-state index contributed by atoms with van der Waals surface area (Å²) in [5.41, 5.74) is 0.565. The number of hydrogen-bond acceptors (Lipinski definition) is 3. The molecule has 4 N–H and O–H groups in total. The molecule has 7 heteroatoms. The molecule has 0 bridgehead atoms. The minimum Gasteiger partial charge on any atom is -0.479 e. The molecular formula is C10H11BrN2O4. The number of aliphatic hydroxyl groups excluding tert-OH is 1.